The second-order valence-corrected chi connectivity index (χ2v) is 6.92. The summed E-state index contributed by atoms with van der Waals surface area (Å²) in [6, 6.07) is 7.45. The minimum atomic E-state index is -3.50. The number of hydrogen-bond donors (Lipinski definition) is 2. The lowest BCUT2D eigenvalue weighted by Gasteiger charge is -2.29. The Balaban J connectivity index is 2.09. The summed E-state index contributed by atoms with van der Waals surface area (Å²) < 4.78 is 28.8. The van der Waals surface area contributed by atoms with Gasteiger partial charge in [0.15, 0.2) is 0 Å². The van der Waals surface area contributed by atoms with Crippen LogP contribution in [-0.4, -0.2) is 27.5 Å². The first-order chi connectivity index (χ1) is 9.46. The molecule has 0 unspecified atom stereocenters. The molecule has 1 fully saturated rings. The van der Waals surface area contributed by atoms with Gasteiger partial charge >= 0.3 is 0 Å². The molecule has 2 rings (SSSR count). The molecular weight excluding hydrogens is 274 g/mol. The predicted octanol–water partition coefficient (Wildman–Crippen LogP) is 2.33. The first kappa shape index (κ1) is 15.1. The molecule has 5 nitrogen and oxygen atoms in total. The summed E-state index contributed by atoms with van der Waals surface area (Å²) in [6.45, 7) is 5.67. The summed E-state index contributed by atoms with van der Waals surface area (Å²) in [4.78, 5) is 2.30. The number of rotatable bonds is 5. The van der Waals surface area contributed by atoms with Crippen LogP contribution >= 0.6 is 0 Å². The average Bonchev–Trinajstić information content (AvgIpc) is 2.38. The normalized spacial score (nSPS) is 16.4. The van der Waals surface area contributed by atoms with Gasteiger partial charge in [-0.05, 0) is 51.3 Å². The molecule has 1 aliphatic heterocycles. The highest BCUT2D eigenvalue weighted by atomic mass is 32.2. The SMILES string of the molecule is CC(C)NS(=O)(=O)Nc1cccc(N2CCCCC2)c1. The van der Waals surface area contributed by atoms with E-state index in [4.69, 9.17) is 0 Å². The summed E-state index contributed by atoms with van der Waals surface area (Å²) in [6.07, 6.45) is 3.68. The molecule has 1 heterocycles. The van der Waals surface area contributed by atoms with Crippen molar-refractivity contribution in [3.63, 3.8) is 0 Å². The van der Waals surface area contributed by atoms with E-state index in [0.717, 1.165) is 18.8 Å². The molecule has 20 heavy (non-hydrogen) atoms. The first-order valence-electron chi connectivity index (χ1n) is 7.11. The van der Waals surface area contributed by atoms with Crippen molar-refractivity contribution in [2.24, 2.45) is 0 Å². The van der Waals surface area contributed by atoms with Crippen LogP contribution in [0.3, 0.4) is 0 Å². The van der Waals surface area contributed by atoms with Gasteiger partial charge in [0.05, 0.1) is 5.69 Å². The van der Waals surface area contributed by atoms with E-state index in [0.29, 0.717) is 5.69 Å². The van der Waals surface area contributed by atoms with E-state index < -0.39 is 10.2 Å². The number of hydrogen-bond acceptors (Lipinski definition) is 3. The fourth-order valence-corrected chi connectivity index (χ4v) is 3.53. The van der Waals surface area contributed by atoms with E-state index >= 15 is 0 Å². The van der Waals surface area contributed by atoms with Gasteiger partial charge in [0.2, 0.25) is 0 Å². The van der Waals surface area contributed by atoms with Crippen LogP contribution in [0.1, 0.15) is 33.1 Å². The first-order valence-corrected chi connectivity index (χ1v) is 8.60. The molecule has 0 amide bonds. The quantitative estimate of drug-likeness (QED) is 0.877. The molecule has 1 aromatic rings. The molecule has 0 saturated carbocycles. The van der Waals surface area contributed by atoms with Gasteiger partial charge in [-0.3, -0.25) is 4.72 Å². The van der Waals surface area contributed by atoms with Crippen LogP contribution in [0.4, 0.5) is 11.4 Å². The predicted molar refractivity (Wildman–Crippen MR) is 83.3 cm³/mol. The highest BCUT2D eigenvalue weighted by molar-refractivity contribution is 7.90. The molecule has 0 aromatic heterocycles. The van der Waals surface area contributed by atoms with E-state index in [1.165, 1.54) is 19.3 Å². The highest BCUT2D eigenvalue weighted by Gasteiger charge is 2.14. The van der Waals surface area contributed by atoms with Crippen molar-refractivity contribution >= 4 is 21.6 Å². The summed E-state index contributed by atoms with van der Waals surface area (Å²) in [5.41, 5.74) is 1.68. The lowest BCUT2D eigenvalue weighted by Crippen LogP contribution is -2.35. The lowest BCUT2D eigenvalue weighted by atomic mass is 10.1. The van der Waals surface area contributed by atoms with Crippen LogP contribution in [0.15, 0.2) is 24.3 Å². The maximum Gasteiger partial charge on any atom is 0.299 e. The second-order valence-electron chi connectivity index (χ2n) is 5.48. The summed E-state index contributed by atoms with van der Waals surface area (Å²) in [5, 5.41) is 0. The summed E-state index contributed by atoms with van der Waals surface area (Å²) in [7, 11) is -3.50. The zero-order valence-corrected chi connectivity index (χ0v) is 12.9. The molecule has 0 spiro atoms. The van der Waals surface area contributed by atoms with Crippen LogP contribution in [0, 0.1) is 0 Å². The zero-order chi connectivity index (χ0) is 14.6. The maximum atomic E-state index is 11.9. The summed E-state index contributed by atoms with van der Waals surface area (Å²) >= 11 is 0. The van der Waals surface area contributed by atoms with Crippen LogP contribution in [0.5, 0.6) is 0 Å². The van der Waals surface area contributed by atoms with Gasteiger partial charge in [-0.2, -0.15) is 13.1 Å². The Hall–Kier alpha value is -1.27. The minimum absolute atomic E-state index is 0.127. The Morgan fingerprint density at radius 3 is 2.50 bits per heavy atom. The molecule has 0 atom stereocenters. The third kappa shape index (κ3) is 4.38. The number of nitrogens with zero attached hydrogens (tertiary/aromatic N) is 1. The standard InChI is InChI=1S/C14H23N3O2S/c1-12(2)15-20(18,19)16-13-7-6-8-14(11-13)17-9-4-3-5-10-17/h6-8,11-12,15-16H,3-5,9-10H2,1-2H3. The Labute approximate surface area is 121 Å². The fraction of sp³-hybridized carbons (Fsp3) is 0.571. The van der Waals surface area contributed by atoms with Gasteiger partial charge in [0.1, 0.15) is 0 Å². The Morgan fingerprint density at radius 2 is 1.85 bits per heavy atom. The molecule has 1 aromatic carbocycles. The Kier molecular flexibility index (Phi) is 4.88. The monoisotopic (exact) mass is 297 g/mol. The van der Waals surface area contributed by atoms with Gasteiger partial charge in [-0.25, -0.2) is 0 Å². The van der Waals surface area contributed by atoms with Gasteiger partial charge in [-0.15, -0.1) is 0 Å². The van der Waals surface area contributed by atoms with Gasteiger partial charge in [0.25, 0.3) is 10.2 Å². The summed E-state index contributed by atoms with van der Waals surface area (Å²) in [5.74, 6) is 0. The van der Waals surface area contributed by atoms with Crippen molar-refractivity contribution in [2.45, 2.75) is 39.2 Å². The molecule has 0 aliphatic carbocycles. The number of piperidine rings is 1. The van der Waals surface area contributed by atoms with Crippen molar-refractivity contribution in [2.75, 3.05) is 22.7 Å². The second kappa shape index (κ2) is 6.45. The average molecular weight is 297 g/mol. The lowest BCUT2D eigenvalue weighted by molar-refractivity contribution is 0.575. The minimum Gasteiger partial charge on any atom is -0.371 e. The number of nitrogens with one attached hydrogen (secondary N) is 2. The van der Waals surface area contributed by atoms with E-state index in [2.05, 4.69) is 14.3 Å². The van der Waals surface area contributed by atoms with Crippen molar-refractivity contribution < 1.29 is 8.42 Å². The van der Waals surface area contributed by atoms with Crippen molar-refractivity contribution in [3.05, 3.63) is 24.3 Å². The van der Waals surface area contributed by atoms with E-state index in [1.807, 2.05) is 18.2 Å². The van der Waals surface area contributed by atoms with Gasteiger partial charge in [-0.1, -0.05) is 6.07 Å². The molecule has 112 valence electrons. The number of anilines is 2. The van der Waals surface area contributed by atoms with Gasteiger partial charge in [0, 0.05) is 24.8 Å². The Bertz CT molecular complexity index is 537. The topological polar surface area (TPSA) is 61.4 Å². The van der Waals surface area contributed by atoms with E-state index in [9.17, 15) is 8.42 Å². The van der Waals surface area contributed by atoms with Gasteiger partial charge < -0.3 is 4.90 Å². The van der Waals surface area contributed by atoms with Crippen LogP contribution in [-0.2, 0) is 10.2 Å². The van der Waals surface area contributed by atoms with Crippen LogP contribution in [0.25, 0.3) is 0 Å². The third-order valence-corrected chi connectivity index (χ3v) is 4.50. The van der Waals surface area contributed by atoms with Crippen molar-refractivity contribution in [3.8, 4) is 0 Å². The van der Waals surface area contributed by atoms with Crippen molar-refractivity contribution in [1.29, 1.82) is 0 Å². The van der Waals surface area contributed by atoms with Crippen LogP contribution < -0.4 is 14.3 Å². The fourth-order valence-electron chi connectivity index (χ4n) is 2.41. The van der Waals surface area contributed by atoms with E-state index in [-0.39, 0.29) is 6.04 Å². The molecular formula is C14H23N3O2S. The molecule has 1 aliphatic rings. The molecule has 6 heteroatoms. The van der Waals surface area contributed by atoms with Crippen LogP contribution in [0.2, 0.25) is 0 Å². The zero-order valence-electron chi connectivity index (χ0n) is 12.1. The smallest absolute Gasteiger partial charge is 0.299 e. The van der Waals surface area contributed by atoms with E-state index in [1.54, 1.807) is 19.9 Å². The van der Waals surface area contributed by atoms with Crippen molar-refractivity contribution in [1.82, 2.24) is 4.72 Å². The Morgan fingerprint density at radius 1 is 1.15 bits per heavy atom. The molecule has 0 radical (unpaired) electrons. The third-order valence-electron chi connectivity index (χ3n) is 3.21. The molecule has 0 bridgehead atoms. The highest BCUT2D eigenvalue weighted by Crippen LogP contribution is 2.23. The molecule has 1 saturated heterocycles. The maximum absolute atomic E-state index is 11.9. The molecule has 2 N–H and O–H groups in total. The number of benzene rings is 1. The largest absolute Gasteiger partial charge is 0.371 e.